The van der Waals surface area contributed by atoms with Crippen LogP contribution in [-0.4, -0.2) is 24.4 Å². The average molecular weight is 252 g/mol. The number of anilines is 1. The molecule has 0 aliphatic carbocycles. The highest BCUT2D eigenvalue weighted by Gasteiger charge is 2.16. The first-order chi connectivity index (χ1) is 8.16. The summed E-state index contributed by atoms with van der Waals surface area (Å²) in [6, 6.07) is 5.45. The van der Waals surface area contributed by atoms with Crippen LogP contribution in [0, 0.1) is 0 Å². The first-order valence-corrected chi connectivity index (χ1v) is 6.48. The third-order valence-corrected chi connectivity index (χ3v) is 4.09. The van der Waals surface area contributed by atoms with Crippen LogP contribution in [0.3, 0.4) is 0 Å². The van der Waals surface area contributed by atoms with E-state index >= 15 is 0 Å². The Kier molecular flexibility index (Phi) is 3.91. The van der Waals surface area contributed by atoms with E-state index in [9.17, 15) is 4.79 Å². The standard InChI is InChI=1S/C12H16N2O2S/c13-11-2-1-9(7-10(11)12(14)15)17-8-3-5-16-6-4-8/h1-2,7-8H,3-6,13H2,(H2,14,15). The maximum Gasteiger partial charge on any atom is 0.250 e. The largest absolute Gasteiger partial charge is 0.398 e. The molecule has 1 aromatic carbocycles. The molecular formula is C12H16N2O2S. The van der Waals surface area contributed by atoms with E-state index in [4.69, 9.17) is 16.2 Å². The van der Waals surface area contributed by atoms with Gasteiger partial charge in [-0.25, -0.2) is 0 Å². The van der Waals surface area contributed by atoms with Gasteiger partial charge in [-0.2, -0.15) is 0 Å². The number of primary amides is 1. The Bertz CT molecular complexity index is 417. The molecule has 4 N–H and O–H groups in total. The molecule has 1 heterocycles. The summed E-state index contributed by atoms with van der Waals surface area (Å²) in [4.78, 5) is 12.2. The summed E-state index contributed by atoms with van der Waals surface area (Å²) in [6.45, 7) is 1.63. The summed E-state index contributed by atoms with van der Waals surface area (Å²) in [5.74, 6) is -0.475. The van der Waals surface area contributed by atoms with Crippen molar-refractivity contribution in [3.63, 3.8) is 0 Å². The number of carbonyl (C=O) groups is 1. The molecule has 1 saturated heterocycles. The van der Waals surface area contributed by atoms with Crippen LogP contribution < -0.4 is 11.5 Å². The monoisotopic (exact) mass is 252 g/mol. The molecule has 2 rings (SSSR count). The van der Waals surface area contributed by atoms with E-state index < -0.39 is 5.91 Å². The lowest BCUT2D eigenvalue weighted by Crippen LogP contribution is -2.17. The molecule has 0 aromatic heterocycles. The minimum atomic E-state index is -0.475. The van der Waals surface area contributed by atoms with Gasteiger partial charge in [-0.1, -0.05) is 0 Å². The van der Waals surface area contributed by atoms with Gasteiger partial charge in [0.2, 0.25) is 0 Å². The molecule has 1 aromatic rings. The number of carbonyl (C=O) groups excluding carboxylic acids is 1. The highest BCUT2D eigenvalue weighted by molar-refractivity contribution is 8.00. The van der Waals surface area contributed by atoms with E-state index in [1.807, 2.05) is 6.07 Å². The summed E-state index contributed by atoms with van der Waals surface area (Å²) in [7, 11) is 0. The summed E-state index contributed by atoms with van der Waals surface area (Å²) in [5, 5.41) is 0.549. The van der Waals surface area contributed by atoms with Crippen molar-refractivity contribution in [1.82, 2.24) is 0 Å². The van der Waals surface area contributed by atoms with Crippen LogP contribution in [0.4, 0.5) is 5.69 Å². The Morgan fingerprint density at radius 2 is 2.06 bits per heavy atom. The van der Waals surface area contributed by atoms with Crippen molar-refractivity contribution in [2.75, 3.05) is 18.9 Å². The minimum absolute atomic E-state index is 0.405. The van der Waals surface area contributed by atoms with E-state index in [2.05, 4.69) is 0 Å². The van der Waals surface area contributed by atoms with Gasteiger partial charge in [-0.15, -0.1) is 11.8 Å². The zero-order chi connectivity index (χ0) is 12.3. The molecule has 92 valence electrons. The molecule has 0 atom stereocenters. The van der Waals surface area contributed by atoms with Gasteiger partial charge in [-0.3, -0.25) is 4.79 Å². The maximum absolute atomic E-state index is 11.2. The van der Waals surface area contributed by atoms with Gasteiger partial charge in [0.15, 0.2) is 0 Å². The molecule has 4 nitrogen and oxygen atoms in total. The van der Waals surface area contributed by atoms with Crippen molar-refractivity contribution in [3.05, 3.63) is 23.8 Å². The number of rotatable bonds is 3. The Labute approximate surface area is 105 Å². The van der Waals surface area contributed by atoms with Crippen LogP contribution in [0.15, 0.2) is 23.1 Å². The van der Waals surface area contributed by atoms with E-state index in [-0.39, 0.29) is 0 Å². The highest BCUT2D eigenvalue weighted by Crippen LogP contribution is 2.31. The molecule has 0 bridgehead atoms. The quantitative estimate of drug-likeness (QED) is 0.802. The molecule has 17 heavy (non-hydrogen) atoms. The van der Waals surface area contributed by atoms with Gasteiger partial charge < -0.3 is 16.2 Å². The SMILES string of the molecule is NC(=O)c1cc(SC2CCOCC2)ccc1N. The van der Waals surface area contributed by atoms with E-state index in [1.165, 1.54) is 0 Å². The molecular weight excluding hydrogens is 236 g/mol. The number of amides is 1. The van der Waals surface area contributed by atoms with Crippen LogP contribution in [-0.2, 0) is 4.74 Å². The summed E-state index contributed by atoms with van der Waals surface area (Å²) < 4.78 is 5.31. The predicted molar refractivity (Wildman–Crippen MR) is 69.1 cm³/mol. The van der Waals surface area contributed by atoms with E-state index in [1.54, 1.807) is 23.9 Å². The number of thioether (sulfide) groups is 1. The fraction of sp³-hybridized carbons (Fsp3) is 0.417. The van der Waals surface area contributed by atoms with Gasteiger partial charge in [0, 0.05) is 29.0 Å². The first-order valence-electron chi connectivity index (χ1n) is 5.60. The molecule has 0 unspecified atom stereocenters. The summed E-state index contributed by atoms with van der Waals surface area (Å²) in [6.07, 6.45) is 2.09. The normalized spacial score (nSPS) is 16.9. The Hall–Kier alpha value is -1.20. The van der Waals surface area contributed by atoms with Crippen molar-refractivity contribution >= 4 is 23.4 Å². The highest BCUT2D eigenvalue weighted by atomic mass is 32.2. The molecule has 0 spiro atoms. The molecule has 1 fully saturated rings. The number of nitrogen functional groups attached to an aromatic ring is 1. The lowest BCUT2D eigenvalue weighted by Gasteiger charge is -2.21. The van der Waals surface area contributed by atoms with Crippen molar-refractivity contribution < 1.29 is 9.53 Å². The van der Waals surface area contributed by atoms with Gasteiger partial charge in [0.1, 0.15) is 0 Å². The Balaban J connectivity index is 2.10. The number of nitrogens with two attached hydrogens (primary N) is 2. The first kappa shape index (κ1) is 12.3. The van der Waals surface area contributed by atoms with Crippen molar-refractivity contribution in [1.29, 1.82) is 0 Å². The second-order valence-electron chi connectivity index (χ2n) is 4.04. The maximum atomic E-state index is 11.2. The zero-order valence-corrected chi connectivity index (χ0v) is 10.3. The second-order valence-corrected chi connectivity index (χ2v) is 5.42. The van der Waals surface area contributed by atoms with Gasteiger partial charge in [0.25, 0.3) is 5.91 Å². The zero-order valence-electron chi connectivity index (χ0n) is 9.52. The van der Waals surface area contributed by atoms with E-state index in [0.29, 0.717) is 16.5 Å². The van der Waals surface area contributed by atoms with Crippen molar-refractivity contribution in [2.45, 2.75) is 23.0 Å². The fourth-order valence-corrected chi connectivity index (χ4v) is 2.95. The lowest BCUT2D eigenvalue weighted by molar-refractivity contribution is 0.0996. The van der Waals surface area contributed by atoms with Gasteiger partial charge in [-0.05, 0) is 31.0 Å². The van der Waals surface area contributed by atoms with Crippen molar-refractivity contribution in [2.24, 2.45) is 5.73 Å². The third-order valence-electron chi connectivity index (χ3n) is 2.76. The molecule has 0 radical (unpaired) electrons. The molecule has 1 amide bonds. The number of benzene rings is 1. The Morgan fingerprint density at radius 1 is 1.35 bits per heavy atom. The topological polar surface area (TPSA) is 78.3 Å². The number of ether oxygens (including phenoxy) is 1. The van der Waals surface area contributed by atoms with Gasteiger partial charge >= 0.3 is 0 Å². The fourth-order valence-electron chi connectivity index (χ4n) is 1.81. The van der Waals surface area contributed by atoms with Crippen LogP contribution >= 0.6 is 11.8 Å². The van der Waals surface area contributed by atoms with Crippen LogP contribution in [0.2, 0.25) is 0 Å². The van der Waals surface area contributed by atoms with Crippen LogP contribution in [0.25, 0.3) is 0 Å². The predicted octanol–water partition coefficient (Wildman–Crippen LogP) is 1.64. The molecule has 1 aliphatic rings. The van der Waals surface area contributed by atoms with Crippen LogP contribution in [0.1, 0.15) is 23.2 Å². The minimum Gasteiger partial charge on any atom is -0.398 e. The summed E-state index contributed by atoms with van der Waals surface area (Å²) in [5.41, 5.74) is 11.8. The molecule has 5 heteroatoms. The van der Waals surface area contributed by atoms with Crippen molar-refractivity contribution in [3.8, 4) is 0 Å². The van der Waals surface area contributed by atoms with Gasteiger partial charge in [0.05, 0.1) is 5.56 Å². The summed E-state index contributed by atoms with van der Waals surface area (Å²) >= 11 is 1.76. The second kappa shape index (κ2) is 5.42. The average Bonchev–Trinajstić information content (AvgIpc) is 2.32. The smallest absolute Gasteiger partial charge is 0.250 e. The third kappa shape index (κ3) is 3.14. The molecule has 1 aliphatic heterocycles. The van der Waals surface area contributed by atoms with Crippen LogP contribution in [0.5, 0.6) is 0 Å². The Morgan fingerprint density at radius 3 is 2.71 bits per heavy atom. The number of hydrogen-bond acceptors (Lipinski definition) is 4. The van der Waals surface area contributed by atoms with E-state index in [0.717, 1.165) is 31.0 Å². The molecule has 0 saturated carbocycles. The number of hydrogen-bond donors (Lipinski definition) is 2. The lowest BCUT2D eigenvalue weighted by atomic mass is 10.2.